The van der Waals surface area contributed by atoms with E-state index in [1.54, 1.807) is 7.11 Å². The largest absolute Gasteiger partial charge is 0.496 e. The fraction of sp³-hybridized carbons (Fsp3) is 0.250. The summed E-state index contributed by atoms with van der Waals surface area (Å²) in [6.07, 6.45) is -0.624. The highest BCUT2D eigenvalue weighted by Gasteiger charge is 2.14. The van der Waals surface area contributed by atoms with Crippen molar-refractivity contribution in [2.45, 2.75) is 20.0 Å². The first-order valence-electron chi connectivity index (χ1n) is 6.11. The summed E-state index contributed by atoms with van der Waals surface area (Å²) >= 11 is 3.42. The van der Waals surface area contributed by atoms with E-state index in [2.05, 4.69) is 15.9 Å². The summed E-state index contributed by atoms with van der Waals surface area (Å²) in [4.78, 5) is 0. The molecule has 0 spiro atoms. The van der Waals surface area contributed by atoms with Crippen LogP contribution < -0.4 is 4.74 Å². The third-order valence-corrected chi connectivity index (χ3v) is 3.66. The minimum Gasteiger partial charge on any atom is -0.496 e. The molecule has 3 heteroatoms. The minimum absolute atomic E-state index is 0.624. The summed E-state index contributed by atoms with van der Waals surface area (Å²) in [5.41, 5.74) is 3.82. The number of aryl methyl sites for hydroxylation is 2. The molecule has 0 saturated heterocycles. The van der Waals surface area contributed by atoms with E-state index in [1.165, 1.54) is 0 Å². The molecule has 0 saturated carbocycles. The highest BCUT2D eigenvalue weighted by molar-refractivity contribution is 9.10. The minimum atomic E-state index is -0.624. The van der Waals surface area contributed by atoms with Crippen LogP contribution in [-0.4, -0.2) is 12.2 Å². The number of aliphatic hydroxyl groups is 1. The Morgan fingerprint density at radius 3 is 2.21 bits per heavy atom. The fourth-order valence-corrected chi connectivity index (χ4v) is 2.75. The predicted octanol–water partition coefficient (Wildman–Crippen LogP) is 4.16. The molecular weight excluding hydrogens is 304 g/mol. The molecule has 0 aliphatic carbocycles. The zero-order valence-corrected chi connectivity index (χ0v) is 12.9. The third kappa shape index (κ3) is 2.99. The Bertz CT molecular complexity index is 570. The first kappa shape index (κ1) is 14.1. The molecule has 100 valence electrons. The maximum absolute atomic E-state index is 10.5. The summed E-state index contributed by atoms with van der Waals surface area (Å²) in [5, 5.41) is 10.5. The number of benzene rings is 2. The van der Waals surface area contributed by atoms with Gasteiger partial charge in [-0.1, -0.05) is 28.1 Å². The Hall–Kier alpha value is -1.32. The normalized spacial score (nSPS) is 12.3. The molecule has 1 atom stereocenters. The molecule has 0 aliphatic heterocycles. The second kappa shape index (κ2) is 5.76. The van der Waals surface area contributed by atoms with Crippen LogP contribution in [-0.2, 0) is 0 Å². The molecule has 0 heterocycles. The van der Waals surface area contributed by atoms with Crippen LogP contribution in [0.4, 0.5) is 0 Å². The number of methoxy groups -OCH3 is 1. The molecule has 2 aromatic carbocycles. The number of rotatable bonds is 3. The fourth-order valence-electron chi connectivity index (χ4n) is 2.33. The van der Waals surface area contributed by atoms with E-state index in [4.69, 9.17) is 4.74 Å². The van der Waals surface area contributed by atoms with Gasteiger partial charge in [-0.3, -0.25) is 0 Å². The molecule has 2 aromatic rings. The number of hydrogen-bond donors (Lipinski definition) is 1. The van der Waals surface area contributed by atoms with Crippen LogP contribution in [0.25, 0.3) is 0 Å². The highest BCUT2D eigenvalue weighted by atomic mass is 79.9. The van der Waals surface area contributed by atoms with Crippen LogP contribution in [0, 0.1) is 13.8 Å². The summed E-state index contributed by atoms with van der Waals surface area (Å²) in [5.74, 6) is 0.880. The lowest BCUT2D eigenvalue weighted by molar-refractivity contribution is 0.220. The zero-order valence-electron chi connectivity index (χ0n) is 11.3. The van der Waals surface area contributed by atoms with E-state index >= 15 is 0 Å². The van der Waals surface area contributed by atoms with Gasteiger partial charge in [0.2, 0.25) is 0 Å². The molecule has 0 aromatic heterocycles. The average molecular weight is 321 g/mol. The van der Waals surface area contributed by atoms with Gasteiger partial charge in [0, 0.05) is 4.47 Å². The van der Waals surface area contributed by atoms with Gasteiger partial charge in [-0.2, -0.15) is 0 Å². The van der Waals surface area contributed by atoms with E-state index < -0.39 is 6.10 Å². The third-order valence-electron chi connectivity index (χ3n) is 3.17. The van der Waals surface area contributed by atoms with Crippen molar-refractivity contribution in [3.63, 3.8) is 0 Å². The van der Waals surface area contributed by atoms with Gasteiger partial charge in [0.1, 0.15) is 11.9 Å². The van der Waals surface area contributed by atoms with Crippen molar-refractivity contribution in [1.82, 2.24) is 0 Å². The summed E-state index contributed by atoms with van der Waals surface area (Å²) < 4.78 is 6.31. The standard InChI is InChI=1S/C16H17BrO2/c1-10-7-13(8-11(2)16(10)19-3)15(18)12-5-4-6-14(17)9-12/h4-9,15,18H,1-3H3. The number of halogens is 1. The molecular formula is C16H17BrO2. The molecule has 1 N–H and O–H groups in total. The smallest absolute Gasteiger partial charge is 0.124 e. The Morgan fingerprint density at radius 1 is 1.05 bits per heavy atom. The molecule has 0 aliphatic rings. The van der Waals surface area contributed by atoms with Gasteiger partial charge in [-0.25, -0.2) is 0 Å². The second-order valence-electron chi connectivity index (χ2n) is 4.65. The van der Waals surface area contributed by atoms with Crippen LogP contribution in [0.15, 0.2) is 40.9 Å². The monoisotopic (exact) mass is 320 g/mol. The van der Waals surface area contributed by atoms with E-state index in [0.717, 1.165) is 32.5 Å². The van der Waals surface area contributed by atoms with Crippen molar-refractivity contribution in [2.24, 2.45) is 0 Å². The Balaban J connectivity index is 2.42. The maximum Gasteiger partial charge on any atom is 0.124 e. The molecule has 0 fully saturated rings. The Morgan fingerprint density at radius 2 is 1.68 bits per heavy atom. The van der Waals surface area contributed by atoms with Crippen molar-refractivity contribution in [1.29, 1.82) is 0 Å². The van der Waals surface area contributed by atoms with Crippen molar-refractivity contribution in [2.75, 3.05) is 7.11 Å². The predicted molar refractivity (Wildman–Crippen MR) is 80.7 cm³/mol. The average Bonchev–Trinajstić information content (AvgIpc) is 2.37. The summed E-state index contributed by atoms with van der Waals surface area (Å²) in [7, 11) is 1.67. The molecule has 2 nitrogen and oxygen atoms in total. The van der Waals surface area contributed by atoms with E-state index in [0.29, 0.717) is 0 Å². The molecule has 1 unspecified atom stereocenters. The van der Waals surface area contributed by atoms with Crippen molar-refractivity contribution < 1.29 is 9.84 Å². The topological polar surface area (TPSA) is 29.5 Å². The lowest BCUT2D eigenvalue weighted by Crippen LogP contribution is -2.02. The van der Waals surface area contributed by atoms with Crippen molar-refractivity contribution in [3.8, 4) is 5.75 Å². The number of aliphatic hydroxyl groups excluding tert-OH is 1. The second-order valence-corrected chi connectivity index (χ2v) is 5.56. The molecule has 19 heavy (non-hydrogen) atoms. The van der Waals surface area contributed by atoms with Gasteiger partial charge in [-0.15, -0.1) is 0 Å². The van der Waals surface area contributed by atoms with Crippen LogP contribution >= 0.6 is 15.9 Å². The number of hydrogen-bond acceptors (Lipinski definition) is 2. The first-order chi connectivity index (χ1) is 9.02. The highest BCUT2D eigenvalue weighted by Crippen LogP contribution is 2.30. The lowest BCUT2D eigenvalue weighted by atomic mass is 9.97. The van der Waals surface area contributed by atoms with Crippen LogP contribution in [0.3, 0.4) is 0 Å². The van der Waals surface area contributed by atoms with E-state index in [-0.39, 0.29) is 0 Å². The number of ether oxygens (including phenoxy) is 1. The SMILES string of the molecule is COc1c(C)cc(C(O)c2cccc(Br)c2)cc1C. The van der Waals surface area contributed by atoms with Gasteiger partial charge in [0.25, 0.3) is 0 Å². The van der Waals surface area contributed by atoms with Gasteiger partial charge >= 0.3 is 0 Å². The van der Waals surface area contributed by atoms with E-state index in [1.807, 2.05) is 50.2 Å². The zero-order chi connectivity index (χ0) is 14.0. The lowest BCUT2D eigenvalue weighted by Gasteiger charge is -2.16. The van der Waals surface area contributed by atoms with Crippen LogP contribution in [0.1, 0.15) is 28.4 Å². The molecule has 0 bridgehead atoms. The van der Waals surface area contributed by atoms with Gasteiger partial charge in [-0.05, 0) is 60.4 Å². The quantitative estimate of drug-likeness (QED) is 0.920. The van der Waals surface area contributed by atoms with Gasteiger partial charge in [0.15, 0.2) is 0 Å². The summed E-state index contributed by atoms with van der Waals surface area (Å²) in [6.45, 7) is 3.98. The van der Waals surface area contributed by atoms with Crippen molar-refractivity contribution in [3.05, 3.63) is 63.1 Å². The van der Waals surface area contributed by atoms with E-state index in [9.17, 15) is 5.11 Å². The Kier molecular flexibility index (Phi) is 4.27. The van der Waals surface area contributed by atoms with Crippen LogP contribution in [0.5, 0.6) is 5.75 Å². The maximum atomic E-state index is 10.5. The van der Waals surface area contributed by atoms with Crippen LogP contribution in [0.2, 0.25) is 0 Å². The molecule has 2 rings (SSSR count). The van der Waals surface area contributed by atoms with Gasteiger partial charge < -0.3 is 9.84 Å². The first-order valence-corrected chi connectivity index (χ1v) is 6.91. The van der Waals surface area contributed by atoms with Gasteiger partial charge in [0.05, 0.1) is 7.11 Å². The summed E-state index contributed by atoms with van der Waals surface area (Å²) in [6, 6.07) is 11.7. The van der Waals surface area contributed by atoms with Crippen molar-refractivity contribution >= 4 is 15.9 Å². The molecule has 0 radical (unpaired) electrons. The Labute approximate surface area is 122 Å². The molecule has 0 amide bonds.